The molecule has 11 heavy (non-hydrogen) atoms. The molecule has 0 heterocycles. The summed E-state index contributed by atoms with van der Waals surface area (Å²) in [6.45, 7) is 0. The molecule has 0 radical (unpaired) electrons. The molecule has 2 unspecified atom stereocenters. The Morgan fingerprint density at radius 1 is 1.82 bits per heavy atom. The van der Waals surface area contributed by atoms with Gasteiger partial charge in [-0.25, -0.2) is 0 Å². The molecule has 1 aliphatic rings. The highest BCUT2D eigenvalue weighted by atomic mass is 16.3. The van der Waals surface area contributed by atoms with E-state index in [0.29, 0.717) is 12.8 Å². The van der Waals surface area contributed by atoms with Gasteiger partial charge in [0, 0.05) is 13.0 Å². The first-order valence-electron chi connectivity index (χ1n) is 3.76. The van der Waals surface area contributed by atoms with E-state index in [-0.39, 0.29) is 18.2 Å². The number of nitrogens with one attached hydrogen (secondary N) is 1. The van der Waals surface area contributed by atoms with Crippen molar-refractivity contribution in [2.45, 2.75) is 25.0 Å². The van der Waals surface area contributed by atoms with Crippen molar-refractivity contribution in [2.24, 2.45) is 11.7 Å². The molecule has 0 spiro atoms. The third-order valence-electron chi connectivity index (χ3n) is 2.13. The molecule has 0 aromatic rings. The van der Waals surface area contributed by atoms with Crippen LogP contribution in [0.1, 0.15) is 19.3 Å². The van der Waals surface area contributed by atoms with Crippen LogP contribution in [0.25, 0.3) is 0 Å². The zero-order valence-corrected chi connectivity index (χ0v) is 6.59. The smallest absolute Gasteiger partial charge is 0.222 e. The summed E-state index contributed by atoms with van der Waals surface area (Å²) in [5, 5.41) is 13.6. The van der Waals surface area contributed by atoms with E-state index in [1.807, 2.05) is 0 Å². The maximum atomic E-state index is 11.1. The van der Waals surface area contributed by atoms with Crippen LogP contribution >= 0.6 is 0 Å². The minimum Gasteiger partial charge on any atom is -0.838 e. The molecule has 1 amide bonds. The Morgan fingerprint density at radius 3 is 2.82 bits per heavy atom. The van der Waals surface area contributed by atoms with Crippen molar-refractivity contribution in [1.29, 1.82) is 0 Å². The quantitative estimate of drug-likeness (QED) is 0.457. The van der Waals surface area contributed by atoms with Gasteiger partial charge in [0.15, 0.2) is 0 Å². The van der Waals surface area contributed by atoms with Crippen molar-refractivity contribution in [2.75, 3.05) is 7.05 Å². The van der Waals surface area contributed by atoms with Crippen LogP contribution in [0.4, 0.5) is 0 Å². The van der Waals surface area contributed by atoms with Crippen LogP contribution < -0.4 is 16.2 Å². The van der Waals surface area contributed by atoms with E-state index in [1.54, 1.807) is 7.05 Å². The van der Waals surface area contributed by atoms with Crippen molar-refractivity contribution in [3.63, 3.8) is 0 Å². The second-order valence-corrected chi connectivity index (χ2v) is 3.12. The molecule has 0 bridgehead atoms. The Hall–Kier alpha value is -0.610. The van der Waals surface area contributed by atoms with Crippen LogP contribution in [0.3, 0.4) is 0 Å². The fourth-order valence-corrected chi connectivity index (χ4v) is 1.47. The lowest BCUT2D eigenvalue weighted by molar-refractivity contribution is -0.474. The van der Waals surface area contributed by atoms with Gasteiger partial charge in [-0.05, 0) is 19.3 Å². The fraction of sp³-hybridized carbons (Fsp3) is 0.857. The highest BCUT2D eigenvalue weighted by Gasteiger charge is 2.30. The van der Waals surface area contributed by atoms with Crippen molar-refractivity contribution < 1.29 is 9.90 Å². The monoisotopic (exact) mass is 157 g/mol. The highest BCUT2D eigenvalue weighted by Crippen LogP contribution is 2.28. The molecule has 1 fully saturated rings. The zero-order valence-electron chi connectivity index (χ0n) is 6.59. The Labute approximate surface area is 65.8 Å². The lowest BCUT2D eigenvalue weighted by Gasteiger charge is -2.30. The standard InChI is InChI=1S/C7H13N2O2/c1-9-6(10)5-2-3-7(8,11)4-5/h5H,2-4,8H2,1H3,(H,9,10)/q-1. The Morgan fingerprint density at radius 2 is 2.45 bits per heavy atom. The van der Waals surface area contributed by atoms with Gasteiger partial charge in [0.1, 0.15) is 0 Å². The second kappa shape index (κ2) is 2.79. The fourth-order valence-electron chi connectivity index (χ4n) is 1.47. The van der Waals surface area contributed by atoms with Crippen LogP contribution in [0.15, 0.2) is 0 Å². The first-order chi connectivity index (χ1) is 5.05. The SMILES string of the molecule is CNC(=O)C1CCC(N)([O-])C1. The summed E-state index contributed by atoms with van der Waals surface area (Å²) in [5.41, 5.74) is 3.96. The molecule has 0 aromatic heterocycles. The average molecular weight is 157 g/mol. The Balaban J connectivity index is 2.48. The summed E-state index contributed by atoms with van der Waals surface area (Å²) >= 11 is 0. The molecule has 64 valence electrons. The van der Waals surface area contributed by atoms with E-state index in [2.05, 4.69) is 5.32 Å². The Bertz CT molecular complexity index is 168. The largest absolute Gasteiger partial charge is 0.838 e. The van der Waals surface area contributed by atoms with E-state index in [4.69, 9.17) is 5.73 Å². The predicted octanol–water partition coefficient (Wildman–Crippen LogP) is -1.45. The van der Waals surface area contributed by atoms with Crippen LogP contribution in [-0.4, -0.2) is 18.7 Å². The summed E-state index contributed by atoms with van der Waals surface area (Å²) in [7, 11) is 1.57. The van der Waals surface area contributed by atoms with Gasteiger partial charge in [-0.3, -0.25) is 4.79 Å². The molecule has 4 heteroatoms. The van der Waals surface area contributed by atoms with Crippen molar-refractivity contribution in [1.82, 2.24) is 5.32 Å². The van der Waals surface area contributed by atoms with Crippen molar-refractivity contribution >= 4 is 5.91 Å². The number of rotatable bonds is 1. The maximum Gasteiger partial charge on any atom is 0.222 e. The molecule has 1 rings (SSSR count). The third-order valence-corrected chi connectivity index (χ3v) is 2.13. The van der Waals surface area contributed by atoms with Gasteiger partial charge in [-0.15, -0.1) is 0 Å². The van der Waals surface area contributed by atoms with Gasteiger partial charge in [0.25, 0.3) is 0 Å². The number of carbonyl (C=O) groups excluding carboxylic acids is 1. The lowest BCUT2D eigenvalue weighted by atomic mass is 10.1. The normalized spacial score (nSPS) is 37.2. The summed E-state index contributed by atoms with van der Waals surface area (Å²) in [6, 6.07) is 0. The van der Waals surface area contributed by atoms with Crippen molar-refractivity contribution in [3.8, 4) is 0 Å². The molecule has 1 saturated carbocycles. The highest BCUT2D eigenvalue weighted by molar-refractivity contribution is 5.78. The van der Waals surface area contributed by atoms with Gasteiger partial charge in [0.05, 0.1) is 0 Å². The maximum absolute atomic E-state index is 11.1. The summed E-state index contributed by atoms with van der Waals surface area (Å²) < 4.78 is 0. The minimum absolute atomic E-state index is 0.0619. The number of hydrogen-bond donors (Lipinski definition) is 2. The van der Waals surface area contributed by atoms with Gasteiger partial charge in [-0.1, -0.05) is 5.72 Å². The number of amides is 1. The second-order valence-electron chi connectivity index (χ2n) is 3.12. The first-order valence-corrected chi connectivity index (χ1v) is 3.76. The van der Waals surface area contributed by atoms with E-state index in [9.17, 15) is 9.90 Å². The summed E-state index contributed by atoms with van der Waals surface area (Å²) in [4.78, 5) is 11.0. The van der Waals surface area contributed by atoms with E-state index in [1.165, 1.54) is 0 Å². The first kappa shape index (κ1) is 8.49. The van der Waals surface area contributed by atoms with Crippen LogP contribution in [0, 0.1) is 5.92 Å². The van der Waals surface area contributed by atoms with Gasteiger partial charge in [0.2, 0.25) is 5.91 Å². The third kappa shape index (κ3) is 1.91. The van der Waals surface area contributed by atoms with E-state index in [0.717, 1.165) is 0 Å². The molecular formula is C7H13N2O2-. The molecule has 1 aliphatic carbocycles. The lowest BCUT2D eigenvalue weighted by Crippen LogP contribution is -2.50. The summed E-state index contributed by atoms with van der Waals surface area (Å²) in [6.07, 6.45) is 1.30. The van der Waals surface area contributed by atoms with Gasteiger partial charge >= 0.3 is 0 Å². The predicted molar refractivity (Wildman–Crippen MR) is 38.3 cm³/mol. The Kier molecular flexibility index (Phi) is 2.15. The number of carbonyl (C=O) groups is 1. The molecule has 0 aliphatic heterocycles. The van der Waals surface area contributed by atoms with E-state index < -0.39 is 5.72 Å². The zero-order chi connectivity index (χ0) is 8.48. The van der Waals surface area contributed by atoms with Crippen LogP contribution in [0.2, 0.25) is 0 Å². The van der Waals surface area contributed by atoms with Crippen molar-refractivity contribution in [3.05, 3.63) is 0 Å². The van der Waals surface area contributed by atoms with Gasteiger partial charge in [-0.2, -0.15) is 0 Å². The van der Waals surface area contributed by atoms with Crippen LogP contribution in [0.5, 0.6) is 0 Å². The molecule has 2 atom stereocenters. The molecule has 0 saturated heterocycles. The molecule has 3 N–H and O–H groups in total. The van der Waals surface area contributed by atoms with Crippen LogP contribution in [-0.2, 0) is 4.79 Å². The molecular weight excluding hydrogens is 144 g/mol. The number of nitrogens with two attached hydrogens (primary N) is 1. The summed E-state index contributed by atoms with van der Waals surface area (Å²) in [5.74, 6) is -0.226. The van der Waals surface area contributed by atoms with E-state index >= 15 is 0 Å². The molecule has 0 aromatic carbocycles. The van der Waals surface area contributed by atoms with Gasteiger partial charge < -0.3 is 16.2 Å². The molecule has 4 nitrogen and oxygen atoms in total. The average Bonchev–Trinajstić information content (AvgIpc) is 2.29. The minimum atomic E-state index is -1.36. The topological polar surface area (TPSA) is 78.2 Å². The number of hydrogen-bond acceptors (Lipinski definition) is 3.